The number of rotatable bonds is 5. The number of nitrogens with zero attached hydrogens (tertiary/aromatic N) is 5. The zero-order valence-electron chi connectivity index (χ0n) is 16.6. The maximum atomic E-state index is 12.7. The summed E-state index contributed by atoms with van der Waals surface area (Å²) < 4.78 is 0. The van der Waals surface area contributed by atoms with E-state index in [0.29, 0.717) is 16.6 Å². The molecule has 1 aliphatic heterocycles. The Kier molecular flexibility index (Phi) is 5.92. The predicted molar refractivity (Wildman–Crippen MR) is 113 cm³/mol. The second kappa shape index (κ2) is 8.75. The molecule has 29 heavy (non-hydrogen) atoms. The average Bonchev–Trinajstić information content (AvgIpc) is 3.13. The van der Waals surface area contributed by atoms with Gasteiger partial charge in [0.05, 0.1) is 11.7 Å². The minimum Gasteiger partial charge on any atom is -0.296 e. The summed E-state index contributed by atoms with van der Waals surface area (Å²) in [4.78, 5) is 34.1. The number of thiazole rings is 1. The second-order valence-corrected chi connectivity index (χ2v) is 8.52. The van der Waals surface area contributed by atoms with Crippen molar-refractivity contribution >= 4 is 22.4 Å². The van der Waals surface area contributed by atoms with E-state index >= 15 is 0 Å². The van der Waals surface area contributed by atoms with Gasteiger partial charge in [0.15, 0.2) is 5.13 Å². The van der Waals surface area contributed by atoms with Crippen LogP contribution in [0.15, 0.2) is 36.7 Å². The summed E-state index contributed by atoms with van der Waals surface area (Å²) in [7, 11) is 0. The van der Waals surface area contributed by atoms with Gasteiger partial charge in [-0.15, -0.1) is 11.3 Å². The minimum absolute atomic E-state index is 0.0827. The molecule has 3 aromatic heterocycles. The molecule has 4 rings (SSSR count). The van der Waals surface area contributed by atoms with Crippen molar-refractivity contribution in [3.8, 4) is 0 Å². The third-order valence-electron chi connectivity index (χ3n) is 4.95. The monoisotopic (exact) mass is 408 g/mol. The molecule has 0 saturated carbocycles. The molecule has 1 unspecified atom stereocenters. The van der Waals surface area contributed by atoms with E-state index < -0.39 is 0 Å². The van der Waals surface area contributed by atoms with Crippen LogP contribution in [-0.2, 0) is 6.54 Å². The summed E-state index contributed by atoms with van der Waals surface area (Å²) >= 11 is 1.45. The number of hydrogen-bond acceptors (Lipinski definition) is 7. The van der Waals surface area contributed by atoms with Crippen molar-refractivity contribution < 1.29 is 4.79 Å². The first-order valence-corrected chi connectivity index (χ1v) is 10.6. The SMILES string of the molecule is Cc1cc(C(=O)Nc2ncc(C)s2)nc(C2CCCCN2Cc2ccccn2)n1. The Morgan fingerprint density at radius 2 is 2.14 bits per heavy atom. The van der Waals surface area contributed by atoms with Gasteiger partial charge in [-0.05, 0) is 51.4 Å². The number of hydrogen-bond donors (Lipinski definition) is 1. The number of piperidine rings is 1. The molecule has 0 spiro atoms. The molecule has 4 heterocycles. The molecule has 0 bridgehead atoms. The summed E-state index contributed by atoms with van der Waals surface area (Å²) in [6, 6.07) is 7.78. The van der Waals surface area contributed by atoms with Crippen LogP contribution in [0.25, 0.3) is 0 Å². The van der Waals surface area contributed by atoms with Crippen LogP contribution in [0.2, 0.25) is 0 Å². The number of carbonyl (C=O) groups excluding carboxylic acids is 1. The topological polar surface area (TPSA) is 83.9 Å². The maximum Gasteiger partial charge on any atom is 0.276 e. The van der Waals surface area contributed by atoms with Gasteiger partial charge in [0.25, 0.3) is 5.91 Å². The lowest BCUT2D eigenvalue weighted by molar-refractivity contribution is 0.101. The number of amides is 1. The van der Waals surface area contributed by atoms with Crippen LogP contribution in [0.1, 0.15) is 57.9 Å². The Morgan fingerprint density at radius 3 is 2.90 bits per heavy atom. The molecule has 0 aromatic carbocycles. The minimum atomic E-state index is -0.252. The van der Waals surface area contributed by atoms with Gasteiger partial charge >= 0.3 is 0 Å². The van der Waals surface area contributed by atoms with Gasteiger partial charge in [-0.3, -0.25) is 20.0 Å². The molecule has 0 radical (unpaired) electrons. The Labute approximate surface area is 174 Å². The van der Waals surface area contributed by atoms with E-state index in [4.69, 9.17) is 0 Å². The van der Waals surface area contributed by atoms with Crippen molar-refractivity contribution in [2.45, 2.75) is 45.7 Å². The fourth-order valence-corrected chi connectivity index (χ4v) is 4.26. The van der Waals surface area contributed by atoms with E-state index in [1.807, 2.05) is 38.2 Å². The van der Waals surface area contributed by atoms with Crippen LogP contribution in [0, 0.1) is 13.8 Å². The molecule has 150 valence electrons. The van der Waals surface area contributed by atoms with Gasteiger partial charge in [-0.1, -0.05) is 12.5 Å². The largest absolute Gasteiger partial charge is 0.296 e. The molecule has 7 nitrogen and oxygen atoms in total. The van der Waals surface area contributed by atoms with Crippen molar-refractivity contribution in [2.24, 2.45) is 0 Å². The van der Waals surface area contributed by atoms with E-state index in [1.165, 1.54) is 11.3 Å². The molecule has 0 aliphatic carbocycles. The van der Waals surface area contributed by atoms with Crippen molar-refractivity contribution in [1.29, 1.82) is 0 Å². The fraction of sp³-hybridized carbons (Fsp3) is 0.381. The van der Waals surface area contributed by atoms with E-state index in [-0.39, 0.29) is 11.9 Å². The number of pyridine rings is 1. The van der Waals surface area contributed by atoms with E-state index in [2.05, 4.69) is 30.2 Å². The smallest absolute Gasteiger partial charge is 0.276 e. The first-order chi connectivity index (χ1) is 14.1. The van der Waals surface area contributed by atoms with Crippen molar-refractivity contribution in [1.82, 2.24) is 24.8 Å². The Hall–Kier alpha value is -2.71. The lowest BCUT2D eigenvalue weighted by atomic mass is 10.0. The molecule has 1 aliphatic rings. The fourth-order valence-electron chi connectivity index (χ4n) is 3.60. The standard InChI is InChI=1S/C21H24N6OS/c1-14-11-17(20(28)26-21-23-12-15(2)29-21)25-19(24-14)18-8-4-6-10-27(18)13-16-7-3-5-9-22-16/h3,5,7,9,11-12,18H,4,6,8,10,13H2,1-2H3,(H,23,26,28). The zero-order chi connectivity index (χ0) is 20.2. The number of aromatic nitrogens is 4. The Bertz CT molecular complexity index is 990. The van der Waals surface area contributed by atoms with Crippen LogP contribution in [0.3, 0.4) is 0 Å². The van der Waals surface area contributed by atoms with E-state index in [9.17, 15) is 4.79 Å². The highest BCUT2D eigenvalue weighted by Gasteiger charge is 2.27. The summed E-state index contributed by atoms with van der Waals surface area (Å²) in [5.74, 6) is 0.458. The first-order valence-electron chi connectivity index (χ1n) is 9.82. The molecule has 3 aromatic rings. The summed E-state index contributed by atoms with van der Waals surface area (Å²) in [6.45, 7) is 5.59. The average molecular weight is 409 g/mol. The van der Waals surface area contributed by atoms with Crippen molar-refractivity contribution in [3.63, 3.8) is 0 Å². The van der Waals surface area contributed by atoms with Crippen LogP contribution in [0.4, 0.5) is 5.13 Å². The molecule has 1 amide bonds. The van der Waals surface area contributed by atoms with Gasteiger partial charge in [0, 0.05) is 29.5 Å². The number of carbonyl (C=O) groups is 1. The lowest BCUT2D eigenvalue weighted by Gasteiger charge is -2.34. The molecule has 1 saturated heterocycles. The second-order valence-electron chi connectivity index (χ2n) is 7.29. The van der Waals surface area contributed by atoms with Gasteiger partial charge in [-0.25, -0.2) is 15.0 Å². The Morgan fingerprint density at radius 1 is 1.24 bits per heavy atom. The van der Waals surface area contributed by atoms with Crippen LogP contribution < -0.4 is 5.32 Å². The third-order valence-corrected chi connectivity index (χ3v) is 5.78. The van der Waals surface area contributed by atoms with Gasteiger partial charge in [-0.2, -0.15) is 0 Å². The van der Waals surface area contributed by atoms with E-state index in [0.717, 1.165) is 48.6 Å². The van der Waals surface area contributed by atoms with Crippen molar-refractivity contribution in [3.05, 3.63) is 64.4 Å². The Balaban J connectivity index is 1.57. The number of aryl methyl sites for hydroxylation is 2. The predicted octanol–water partition coefficient (Wildman–Crippen LogP) is 3.92. The number of nitrogens with one attached hydrogen (secondary N) is 1. The molecule has 8 heteroatoms. The first kappa shape index (κ1) is 19.6. The van der Waals surface area contributed by atoms with Gasteiger partial charge in [0.1, 0.15) is 11.5 Å². The molecule has 1 N–H and O–H groups in total. The number of anilines is 1. The summed E-state index contributed by atoms with van der Waals surface area (Å²) in [5, 5.41) is 3.43. The summed E-state index contributed by atoms with van der Waals surface area (Å²) in [6.07, 6.45) is 6.81. The number of likely N-dealkylation sites (tertiary alicyclic amines) is 1. The van der Waals surface area contributed by atoms with Crippen LogP contribution in [0.5, 0.6) is 0 Å². The molecule has 1 atom stereocenters. The third kappa shape index (κ3) is 4.83. The van der Waals surface area contributed by atoms with Gasteiger partial charge < -0.3 is 0 Å². The van der Waals surface area contributed by atoms with Gasteiger partial charge in [0.2, 0.25) is 0 Å². The zero-order valence-corrected chi connectivity index (χ0v) is 17.4. The highest BCUT2D eigenvalue weighted by atomic mass is 32.1. The quantitative estimate of drug-likeness (QED) is 0.689. The maximum absolute atomic E-state index is 12.7. The highest BCUT2D eigenvalue weighted by Crippen LogP contribution is 2.30. The van der Waals surface area contributed by atoms with Crippen molar-refractivity contribution in [2.75, 3.05) is 11.9 Å². The van der Waals surface area contributed by atoms with Crippen LogP contribution in [-0.4, -0.2) is 37.3 Å². The van der Waals surface area contributed by atoms with Crippen LogP contribution >= 0.6 is 11.3 Å². The normalized spacial score (nSPS) is 17.2. The summed E-state index contributed by atoms with van der Waals surface area (Å²) in [5.41, 5.74) is 2.20. The molecular weight excluding hydrogens is 384 g/mol. The highest BCUT2D eigenvalue weighted by molar-refractivity contribution is 7.15. The molecular formula is C21H24N6OS. The lowest BCUT2D eigenvalue weighted by Crippen LogP contribution is -2.34. The van der Waals surface area contributed by atoms with E-state index in [1.54, 1.807) is 12.3 Å². The molecule has 1 fully saturated rings.